The van der Waals surface area contributed by atoms with Gasteiger partial charge in [-0.05, 0) is 31.5 Å². The molecule has 1 amide bonds. The highest BCUT2D eigenvalue weighted by atomic mass is 32.1. The highest BCUT2D eigenvalue weighted by molar-refractivity contribution is 7.11. The van der Waals surface area contributed by atoms with E-state index >= 15 is 0 Å². The van der Waals surface area contributed by atoms with Crippen LogP contribution in [-0.2, 0) is 6.42 Å². The lowest BCUT2D eigenvalue weighted by Crippen LogP contribution is -2.26. The zero-order valence-corrected chi connectivity index (χ0v) is 13.2. The molecule has 3 N–H and O–H groups in total. The molecular weight excluding hydrogens is 286 g/mol. The number of methoxy groups -OCH3 is 1. The maximum atomic E-state index is 12.2. The Morgan fingerprint density at radius 3 is 2.86 bits per heavy atom. The molecule has 6 heteroatoms. The van der Waals surface area contributed by atoms with Crippen LogP contribution in [0.2, 0.25) is 0 Å². The average Bonchev–Trinajstić information content (AvgIpc) is 2.96. The smallest absolute Gasteiger partial charge is 0.251 e. The molecular formula is C15H19N3O2S. The Morgan fingerprint density at radius 2 is 2.29 bits per heavy atom. The van der Waals surface area contributed by atoms with E-state index in [0.717, 1.165) is 11.4 Å². The van der Waals surface area contributed by atoms with Crippen molar-refractivity contribution >= 4 is 22.9 Å². The molecule has 1 atom stereocenters. The number of nitrogens with two attached hydrogens (primary N) is 1. The number of hydrogen-bond donors (Lipinski definition) is 2. The van der Waals surface area contributed by atoms with E-state index in [1.807, 2.05) is 13.1 Å². The summed E-state index contributed by atoms with van der Waals surface area (Å²) >= 11 is 1.62. The molecule has 5 nitrogen and oxygen atoms in total. The van der Waals surface area contributed by atoms with Crippen LogP contribution in [0.1, 0.15) is 40.1 Å². The predicted octanol–water partition coefficient (Wildman–Crippen LogP) is 2.79. The Kier molecular flexibility index (Phi) is 4.80. The summed E-state index contributed by atoms with van der Waals surface area (Å²) < 4.78 is 5.08. The molecule has 0 bridgehead atoms. The van der Waals surface area contributed by atoms with Crippen LogP contribution in [0.25, 0.3) is 0 Å². The van der Waals surface area contributed by atoms with Gasteiger partial charge in [0.2, 0.25) is 0 Å². The molecule has 1 aromatic heterocycles. The fourth-order valence-corrected chi connectivity index (χ4v) is 2.76. The molecule has 0 saturated heterocycles. The average molecular weight is 305 g/mol. The first-order valence-corrected chi connectivity index (χ1v) is 7.55. The van der Waals surface area contributed by atoms with Crippen LogP contribution in [0.3, 0.4) is 0 Å². The molecule has 112 valence electrons. The largest absolute Gasteiger partial charge is 0.495 e. The van der Waals surface area contributed by atoms with Crippen LogP contribution >= 0.6 is 11.3 Å². The standard InChI is InChI=1S/C15H19N3O2S/c1-4-11-8-17-15(21-11)9(2)18-14(19)10-5-6-13(20-3)12(16)7-10/h5-9H,4,16H2,1-3H3,(H,18,19). The van der Waals surface area contributed by atoms with Crippen LogP contribution < -0.4 is 15.8 Å². The van der Waals surface area contributed by atoms with Gasteiger partial charge in [-0.25, -0.2) is 4.98 Å². The molecule has 0 fully saturated rings. The highest BCUT2D eigenvalue weighted by Crippen LogP contribution is 2.23. The van der Waals surface area contributed by atoms with E-state index in [4.69, 9.17) is 10.5 Å². The second kappa shape index (κ2) is 6.58. The maximum absolute atomic E-state index is 12.2. The van der Waals surface area contributed by atoms with Crippen molar-refractivity contribution in [2.24, 2.45) is 0 Å². The number of carbonyl (C=O) groups excluding carboxylic acids is 1. The van der Waals surface area contributed by atoms with Gasteiger partial charge < -0.3 is 15.8 Å². The van der Waals surface area contributed by atoms with E-state index in [1.165, 1.54) is 4.88 Å². The van der Waals surface area contributed by atoms with Gasteiger partial charge in [-0.1, -0.05) is 6.92 Å². The summed E-state index contributed by atoms with van der Waals surface area (Å²) in [6.07, 6.45) is 2.81. The van der Waals surface area contributed by atoms with Gasteiger partial charge in [-0.3, -0.25) is 4.79 Å². The summed E-state index contributed by atoms with van der Waals surface area (Å²) in [5.41, 5.74) is 6.77. The third-order valence-corrected chi connectivity index (χ3v) is 4.45. The van der Waals surface area contributed by atoms with Gasteiger partial charge in [0.15, 0.2) is 0 Å². The molecule has 0 saturated carbocycles. The minimum absolute atomic E-state index is 0.133. The summed E-state index contributed by atoms with van der Waals surface area (Å²) in [6.45, 7) is 4.00. The Labute approximate surface area is 128 Å². The van der Waals surface area contributed by atoms with Gasteiger partial charge in [0.1, 0.15) is 10.8 Å². The van der Waals surface area contributed by atoms with E-state index in [2.05, 4.69) is 17.2 Å². The molecule has 0 spiro atoms. The van der Waals surface area contributed by atoms with Gasteiger partial charge in [0, 0.05) is 16.6 Å². The van der Waals surface area contributed by atoms with Gasteiger partial charge in [0.25, 0.3) is 5.91 Å². The van der Waals surface area contributed by atoms with Crippen molar-refractivity contribution < 1.29 is 9.53 Å². The first kappa shape index (κ1) is 15.3. The molecule has 2 aromatic rings. The van der Waals surface area contributed by atoms with Crippen molar-refractivity contribution in [3.63, 3.8) is 0 Å². The number of thiazole rings is 1. The molecule has 1 unspecified atom stereocenters. The normalized spacial score (nSPS) is 12.0. The third-order valence-electron chi connectivity index (χ3n) is 3.13. The maximum Gasteiger partial charge on any atom is 0.251 e. The fraction of sp³-hybridized carbons (Fsp3) is 0.333. The lowest BCUT2D eigenvalue weighted by atomic mass is 10.1. The molecule has 0 aliphatic carbocycles. The Morgan fingerprint density at radius 1 is 1.52 bits per heavy atom. The van der Waals surface area contributed by atoms with E-state index < -0.39 is 0 Å². The SMILES string of the molecule is CCc1cnc(C(C)NC(=O)c2ccc(OC)c(N)c2)s1. The molecule has 0 aliphatic heterocycles. The number of benzene rings is 1. The fourth-order valence-electron chi connectivity index (χ4n) is 1.90. The number of hydrogen-bond acceptors (Lipinski definition) is 5. The number of anilines is 1. The number of carbonyl (C=O) groups is 1. The Balaban J connectivity index is 2.08. The van der Waals surface area contributed by atoms with Crippen molar-refractivity contribution in [2.45, 2.75) is 26.3 Å². The van der Waals surface area contributed by atoms with Gasteiger partial charge in [0.05, 0.1) is 18.8 Å². The monoisotopic (exact) mass is 305 g/mol. The van der Waals surface area contributed by atoms with Gasteiger partial charge in [-0.2, -0.15) is 0 Å². The Bertz CT molecular complexity index is 640. The zero-order valence-electron chi connectivity index (χ0n) is 12.3. The number of ether oxygens (including phenoxy) is 1. The van der Waals surface area contributed by atoms with Crippen LogP contribution in [-0.4, -0.2) is 18.0 Å². The number of aryl methyl sites for hydroxylation is 1. The number of nitrogens with one attached hydrogen (secondary N) is 1. The van der Waals surface area contributed by atoms with E-state index in [1.54, 1.807) is 36.6 Å². The highest BCUT2D eigenvalue weighted by Gasteiger charge is 2.15. The second-order valence-electron chi connectivity index (χ2n) is 4.67. The number of rotatable bonds is 5. The summed E-state index contributed by atoms with van der Waals surface area (Å²) in [5.74, 6) is 0.386. The van der Waals surface area contributed by atoms with Crippen molar-refractivity contribution in [1.82, 2.24) is 10.3 Å². The topological polar surface area (TPSA) is 77.2 Å². The quantitative estimate of drug-likeness (QED) is 0.833. The lowest BCUT2D eigenvalue weighted by molar-refractivity contribution is 0.0940. The predicted molar refractivity (Wildman–Crippen MR) is 84.8 cm³/mol. The molecule has 21 heavy (non-hydrogen) atoms. The molecule has 1 heterocycles. The molecule has 1 aromatic carbocycles. The molecule has 2 rings (SSSR count). The lowest BCUT2D eigenvalue weighted by Gasteiger charge is -2.12. The van der Waals surface area contributed by atoms with Crippen molar-refractivity contribution in [1.29, 1.82) is 0 Å². The van der Waals surface area contributed by atoms with Crippen LogP contribution in [0.4, 0.5) is 5.69 Å². The molecule has 0 aliphatic rings. The first-order chi connectivity index (χ1) is 10.0. The third kappa shape index (κ3) is 3.52. The number of nitrogens with zero attached hydrogens (tertiary/aromatic N) is 1. The number of aromatic nitrogens is 1. The first-order valence-electron chi connectivity index (χ1n) is 6.74. The van der Waals surface area contributed by atoms with Crippen LogP contribution in [0.15, 0.2) is 24.4 Å². The van der Waals surface area contributed by atoms with Crippen LogP contribution in [0.5, 0.6) is 5.75 Å². The van der Waals surface area contributed by atoms with Gasteiger partial charge in [-0.15, -0.1) is 11.3 Å². The summed E-state index contributed by atoms with van der Waals surface area (Å²) in [4.78, 5) is 17.8. The van der Waals surface area contributed by atoms with Crippen molar-refractivity contribution in [2.75, 3.05) is 12.8 Å². The summed E-state index contributed by atoms with van der Waals surface area (Å²) in [6, 6.07) is 4.86. The minimum atomic E-state index is -0.176. The molecule has 0 radical (unpaired) electrons. The van der Waals surface area contributed by atoms with E-state index in [0.29, 0.717) is 17.0 Å². The van der Waals surface area contributed by atoms with Gasteiger partial charge >= 0.3 is 0 Å². The Hall–Kier alpha value is -2.08. The second-order valence-corrected chi connectivity index (χ2v) is 5.82. The van der Waals surface area contributed by atoms with Crippen LogP contribution in [0, 0.1) is 0 Å². The number of nitrogen functional groups attached to an aromatic ring is 1. The van der Waals surface area contributed by atoms with Crippen molar-refractivity contribution in [3.8, 4) is 5.75 Å². The summed E-state index contributed by atoms with van der Waals surface area (Å²) in [7, 11) is 1.54. The summed E-state index contributed by atoms with van der Waals surface area (Å²) in [5, 5.41) is 3.83. The van der Waals surface area contributed by atoms with E-state index in [-0.39, 0.29) is 11.9 Å². The minimum Gasteiger partial charge on any atom is -0.495 e. The number of amides is 1. The van der Waals surface area contributed by atoms with E-state index in [9.17, 15) is 4.79 Å². The van der Waals surface area contributed by atoms with Crippen molar-refractivity contribution in [3.05, 3.63) is 39.8 Å². The zero-order chi connectivity index (χ0) is 15.4.